The van der Waals surface area contributed by atoms with Gasteiger partial charge in [0.2, 0.25) is 0 Å². The molecular formula is C78H105Cl3N16O6S. The predicted molar refractivity (Wildman–Crippen MR) is 419 cm³/mol. The van der Waals surface area contributed by atoms with Crippen LogP contribution in [0, 0.1) is 11.8 Å². The van der Waals surface area contributed by atoms with Gasteiger partial charge in [0.05, 0.1) is 49.6 Å². The van der Waals surface area contributed by atoms with E-state index in [1.165, 1.54) is 82.6 Å². The van der Waals surface area contributed by atoms with Gasteiger partial charge in [0.25, 0.3) is 10.1 Å². The van der Waals surface area contributed by atoms with Crippen LogP contribution in [-0.4, -0.2) is 159 Å². The van der Waals surface area contributed by atoms with E-state index in [0.717, 1.165) is 188 Å². The number of nitrogens with two attached hydrogens (primary N) is 1. The maximum atomic E-state index is 11.7. The van der Waals surface area contributed by atoms with E-state index in [-0.39, 0.29) is 19.3 Å². The van der Waals surface area contributed by atoms with E-state index >= 15 is 0 Å². The number of hydrogen-bond donors (Lipinski definition) is 4. The third kappa shape index (κ3) is 22.7. The predicted octanol–water partition coefficient (Wildman–Crippen LogP) is 14.2. The first kappa shape index (κ1) is 77.9. The lowest BCUT2D eigenvalue weighted by molar-refractivity contribution is 0.0170. The summed E-state index contributed by atoms with van der Waals surface area (Å²) >= 11 is 18.1. The number of nitrogens with zero attached hydrogens (tertiary/aromatic N) is 13. The van der Waals surface area contributed by atoms with Gasteiger partial charge in [0, 0.05) is 90.1 Å². The van der Waals surface area contributed by atoms with Gasteiger partial charge in [-0.15, -0.1) is 0 Å². The molecule has 5 N–H and O–H groups in total. The molecule has 0 spiro atoms. The molecule has 0 radical (unpaired) electrons. The molecule has 3 aromatic carbocycles. The summed E-state index contributed by atoms with van der Waals surface area (Å²) < 4.78 is 39.0. The van der Waals surface area contributed by atoms with E-state index in [0.29, 0.717) is 54.4 Å². The largest absolute Gasteiger partial charge is 0.444 e. The third-order valence-electron chi connectivity index (χ3n) is 19.7. The van der Waals surface area contributed by atoms with E-state index in [1.54, 1.807) is 9.58 Å². The quantitative estimate of drug-likeness (QED) is 0.0583. The lowest BCUT2D eigenvalue weighted by Gasteiger charge is -2.33. The molecular weight excluding hydrogens is 1400 g/mol. The molecule has 1 amide bonds. The second-order valence-corrected chi connectivity index (χ2v) is 32.1. The summed E-state index contributed by atoms with van der Waals surface area (Å²) in [5, 5.41) is 36.1. The van der Waals surface area contributed by atoms with Crippen LogP contribution in [0.4, 0.5) is 22.2 Å². The van der Waals surface area contributed by atoms with Crippen molar-refractivity contribution in [2.75, 3.05) is 99.5 Å². The Labute approximate surface area is 628 Å². The Morgan fingerprint density at radius 3 is 1.35 bits per heavy atom. The summed E-state index contributed by atoms with van der Waals surface area (Å²) in [7, 11) is -3.57. The molecule has 22 nitrogen and oxygen atoms in total. The fourth-order valence-corrected chi connectivity index (χ4v) is 14.8. The molecule has 104 heavy (non-hydrogen) atoms. The average molecular weight is 1500 g/mol. The number of rotatable bonds is 18. The first-order chi connectivity index (χ1) is 50.3. The molecule has 5 aliphatic rings. The number of anilines is 3. The first-order valence-corrected chi connectivity index (χ1v) is 40.4. The van der Waals surface area contributed by atoms with Crippen molar-refractivity contribution in [2.24, 2.45) is 17.6 Å². The number of carbonyl (C=O) groups is 1. The van der Waals surface area contributed by atoms with E-state index in [4.69, 9.17) is 69.5 Å². The second kappa shape index (κ2) is 37.9. The van der Waals surface area contributed by atoms with E-state index in [9.17, 15) is 18.3 Å². The Hall–Kier alpha value is -7.19. The van der Waals surface area contributed by atoms with E-state index in [1.807, 2.05) is 104 Å². The number of carbonyl (C=O) groups excluding carboxylic acids is 1. The number of hydrogen-bond acceptors (Lipinski definition) is 18. The zero-order chi connectivity index (χ0) is 73.0. The molecule has 0 saturated carbocycles. The number of piperidine rings is 2. The zero-order valence-electron chi connectivity index (χ0n) is 61.0. The highest BCUT2D eigenvalue weighted by molar-refractivity contribution is 7.85. The summed E-state index contributed by atoms with van der Waals surface area (Å²) in [5.41, 5.74) is 13.3. The SMILES string of the molecule is CC(C)(C)OC(=O)N1CCCC(CN)C1.CS(=O)(=O)OCc1nn(Cc2ccc(Cl)cc2)c2nc(N3CCCCCC3)ccc12.Clc1ccc(Cn2nc(CNCC3CCCNC3)c3ccc(N4CCCCCC4)nc32)cc1.OCc1nn(Cc2ccc(Cl)cc2)c2nc(N3CCCCCC3)ccc12. The van der Waals surface area contributed by atoms with Gasteiger partial charge < -0.3 is 45.8 Å². The van der Waals surface area contributed by atoms with Crippen molar-refractivity contribution in [2.45, 2.75) is 168 Å². The van der Waals surface area contributed by atoms with Gasteiger partial charge in [-0.2, -0.15) is 23.7 Å². The summed E-state index contributed by atoms with van der Waals surface area (Å²) in [4.78, 5) is 35.6. The average Bonchev–Trinajstić information content (AvgIpc) is 1.64. The minimum Gasteiger partial charge on any atom is -0.444 e. The van der Waals surface area contributed by atoms with Crippen LogP contribution in [0.3, 0.4) is 0 Å². The van der Waals surface area contributed by atoms with Crippen molar-refractivity contribution < 1.29 is 27.2 Å². The zero-order valence-corrected chi connectivity index (χ0v) is 64.1. The Morgan fingerprint density at radius 2 is 0.952 bits per heavy atom. The number of halogens is 3. The fourth-order valence-electron chi connectivity index (χ4n) is 14.1. The molecule has 5 fully saturated rings. The van der Waals surface area contributed by atoms with Gasteiger partial charge in [-0.05, 0) is 212 Å². The van der Waals surface area contributed by atoms with Crippen LogP contribution in [0.2, 0.25) is 15.1 Å². The number of ether oxygens (including phenoxy) is 1. The molecule has 6 aromatic heterocycles. The smallest absolute Gasteiger partial charge is 0.410 e. The highest BCUT2D eigenvalue weighted by Crippen LogP contribution is 2.30. The molecule has 11 heterocycles. The molecule has 5 saturated heterocycles. The van der Waals surface area contributed by atoms with Crippen molar-refractivity contribution in [1.29, 1.82) is 0 Å². The Bertz CT molecular complexity index is 4290. The van der Waals surface area contributed by atoms with Crippen molar-refractivity contribution in [3.8, 4) is 0 Å². The monoisotopic (exact) mass is 1500 g/mol. The number of benzene rings is 3. The van der Waals surface area contributed by atoms with Gasteiger partial charge in [0.1, 0.15) is 29.7 Å². The van der Waals surface area contributed by atoms with Crippen LogP contribution >= 0.6 is 34.8 Å². The maximum Gasteiger partial charge on any atom is 0.410 e. The molecule has 0 aliphatic carbocycles. The van der Waals surface area contributed by atoms with Crippen molar-refractivity contribution in [3.05, 3.63) is 158 Å². The topological polar surface area (TPSA) is 245 Å². The number of aromatic nitrogens is 9. The summed E-state index contributed by atoms with van der Waals surface area (Å²) in [6, 6.07) is 35.8. The highest BCUT2D eigenvalue weighted by atomic mass is 35.5. The molecule has 5 aliphatic heterocycles. The molecule has 2 unspecified atom stereocenters. The highest BCUT2D eigenvalue weighted by Gasteiger charge is 2.28. The van der Waals surface area contributed by atoms with Gasteiger partial charge in [-0.3, -0.25) is 4.18 Å². The van der Waals surface area contributed by atoms with Crippen molar-refractivity contribution >= 4 is 102 Å². The first-order valence-electron chi connectivity index (χ1n) is 37.4. The minimum atomic E-state index is -3.57. The van der Waals surface area contributed by atoms with Gasteiger partial charge in [-0.1, -0.05) is 110 Å². The van der Waals surface area contributed by atoms with Crippen LogP contribution in [0.5, 0.6) is 0 Å². The Morgan fingerprint density at radius 1 is 0.548 bits per heavy atom. The van der Waals surface area contributed by atoms with Crippen LogP contribution in [-0.2, 0) is 58.4 Å². The number of nitrogens with one attached hydrogen (secondary N) is 2. The number of likely N-dealkylation sites (tertiary alicyclic amines) is 1. The molecule has 26 heteroatoms. The molecule has 2 atom stereocenters. The van der Waals surface area contributed by atoms with E-state index in [2.05, 4.69) is 70.5 Å². The van der Waals surface area contributed by atoms with Crippen LogP contribution < -0.4 is 31.1 Å². The number of aliphatic hydroxyl groups is 1. The molecule has 9 aromatic rings. The lowest BCUT2D eigenvalue weighted by Crippen LogP contribution is -2.44. The standard InChI is InChI=1S/C26H35ClN6.C21H25ClN4O3S.C20H23ClN4O.C11H22N2O2/c27-22-9-7-20(8-10-22)19-33-26-23(11-12-25(30-26)32-14-3-1-2-4-15-32)24(31-33)18-29-17-21-6-5-13-28-16-21;1-30(27,28)29-15-19-18-10-11-20(25-12-4-2-3-5-13-25)23-21(18)26(24-19)14-16-6-8-17(22)9-7-16;21-16-7-5-15(6-8-16)13-25-20-17(18(14-26)23-25)9-10-19(22-20)24-11-3-1-2-4-12-24;1-11(2,3)15-10(14)13-6-4-5-9(7-12)8-13/h7-12,21,28-29H,1-6,13-19H2;6-11H,2-5,12-15H2,1H3;5-10,26H,1-4,11-14H2;9H,4-8,12H2,1-3H3. The van der Waals surface area contributed by atoms with Gasteiger partial charge in [0.15, 0.2) is 16.9 Å². The number of aliphatic hydroxyl groups excluding tert-OH is 1. The summed E-state index contributed by atoms with van der Waals surface area (Å²) in [6.45, 7) is 19.8. The normalized spacial score (nSPS) is 17.8. The van der Waals surface area contributed by atoms with E-state index < -0.39 is 15.7 Å². The minimum absolute atomic E-state index is 0.0884. The van der Waals surface area contributed by atoms with Crippen LogP contribution in [0.1, 0.15) is 157 Å². The molecule has 0 bridgehead atoms. The van der Waals surface area contributed by atoms with Crippen molar-refractivity contribution in [3.63, 3.8) is 0 Å². The number of amides is 1. The Kier molecular flexibility index (Phi) is 28.4. The molecule has 560 valence electrons. The lowest BCUT2D eigenvalue weighted by atomic mass is 9.99. The van der Waals surface area contributed by atoms with Crippen molar-refractivity contribution in [1.82, 2.24) is 59.8 Å². The third-order valence-corrected chi connectivity index (χ3v) is 21.0. The second-order valence-electron chi connectivity index (χ2n) is 29.2. The number of fused-ring (bicyclic) bond motifs is 3. The van der Waals surface area contributed by atoms with Crippen LogP contribution in [0.25, 0.3) is 33.1 Å². The van der Waals surface area contributed by atoms with Crippen LogP contribution in [0.15, 0.2) is 109 Å². The van der Waals surface area contributed by atoms with Gasteiger partial charge >= 0.3 is 6.09 Å². The maximum absolute atomic E-state index is 11.7. The summed E-state index contributed by atoms with van der Waals surface area (Å²) in [5.74, 6) is 4.15. The number of pyridine rings is 3. The van der Waals surface area contributed by atoms with Gasteiger partial charge in [-0.25, -0.2) is 33.8 Å². The Balaban J connectivity index is 0.000000143. The molecule has 14 rings (SSSR count). The summed E-state index contributed by atoms with van der Waals surface area (Å²) in [6.07, 6.45) is 20.5. The fraction of sp³-hybridized carbons (Fsp3) is 0.526.